The second-order valence-electron chi connectivity index (χ2n) is 5.79. The molecule has 2 aromatic rings. The van der Waals surface area contributed by atoms with Gasteiger partial charge in [0.15, 0.2) is 11.6 Å². The van der Waals surface area contributed by atoms with Gasteiger partial charge in [-0.1, -0.05) is 6.07 Å². The maximum atomic E-state index is 14.2. The second kappa shape index (κ2) is 6.03. The molecule has 2 N–H and O–H groups in total. The summed E-state index contributed by atoms with van der Waals surface area (Å²) < 4.78 is 58.7. The Balaban J connectivity index is 1.79. The quantitative estimate of drug-likeness (QED) is 0.488. The Hall–Kier alpha value is -2.61. The van der Waals surface area contributed by atoms with Crippen LogP contribution in [0.3, 0.4) is 0 Å². The first kappa shape index (κ1) is 17.2. The average molecular weight is 355 g/mol. The minimum absolute atomic E-state index is 0.0511. The maximum absolute atomic E-state index is 14.2. The van der Waals surface area contributed by atoms with E-state index >= 15 is 0 Å². The molecule has 0 saturated heterocycles. The summed E-state index contributed by atoms with van der Waals surface area (Å²) >= 11 is 0. The van der Waals surface area contributed by atoms with Crippen molar-refractivity contribution in [2.24, 2.45) is 0 Å². The molecule has 132 valence electrons. The molecule has 0 aliphatic heterocycles. The van der Waals surface area contributed by atoms with Crippen molar-refractivity contribution in [1.82, 2.24) is 5.48 Å². The van der Waals surface area contributed by atoms with Crippen LogP contribution in [0.5, 0.6) is 11.5 Å². The summed E-state index contributed by atoms with van der Waals surface area (Å²) in [6, 6.07) is 8.65. The van der Waals surface area contributed by atoms with Crippen molar-refractivity contribution >= 4 is 5.91 Å². The summed E-state index contributed by atoms with van der Waals surface area (Å²) in [5.41, 5.74) is -0.439. The molecule has 1 saturated carbocycles. The van der Waals surface area contributed by atoms with Gasteiger partial charge in [0.25, 0.3) is 5.91 Å². The summed E-state index contributed by atoms with van der Waals surface area (Å²) in [6.45, 7) is 0. The van der Waals surface area contributed by atoms with Gasteiger partial charge in [-0.15, -0.1) is 0 Å². The molecule has 0 unspecified atom stereocenters. The third-order valence-electron chi connectivity index (χ3n) is 4.22. The van der Waals surface area contributed by atoms with Crippen LogP contribution in [0.25, 0.3) is 0 Å². The molecule has 25 heavy (non-hydrogen) atoms. The number of carbonyl (C=O) groups excluding carboxylic acids is 1. The zero-order valence-corrected chi connectivity index (χ0v) is 12.7. The van der Waals surface area contributed by atoms with Crippen molar-refractivity contribution in [2.45, 2.75) is 24.4 Å². The van der Waals surface area contributed by atoms with Crippen LogP contribution < -0.4 is 10.2 Å². The molecule has 3 rings (SSSR count). The van der Waals surface area contributed by atoms with Crippen molar-refractivity contribution in [1.29, 1.82) is 0 Å². The predicted molar refractivity (Wildman–Crippen MR) is 79.1 cm³/mol. The number of hydrogen-bond acceptors (Lipinski definition) is 3. The largest absolute Gasteiger partial charge is 0.454 e. The summed E-state index contributed by atoms with van der Waals surface area (Å²) in [6.07, 6.45) is -4.51. The van der Waals surface area contributed by atoms with Gasteiger partial charge in [-0.2, -0.15) is 13.2 Å². The summed E-state index contributed by atoms with van der Waals surface area (Å²) in [4.78, 5) is 11.2. The van der Waals surface area contributed by atoms with E-state index in [9.17, 15) is 22.4 Å². The van der Waals surface area contributed by atoms with Gasteiger partial charge in [-0.3, -0.25) is 10.0 Å². The molecule has 1 aliphatic carbocycles. The topological polar surface area (TPSA) is 58.6 Å². The summed E-state index contributed by atoms with van der Waals surface area (Å²) in [5, 5.41) is 8.52. The Labute approximate surface area is 140 Å². The first-order valence-electron chi connectivity index (χ1n) is 7.36. The van der Waals surface area contributed by atoms with E-state index < -0.39 is 23.3 Å². The van der Waals surface area contributed by atoms with Gasteiger partial charge in [0.2, 0.25) is 0 Å². The number of amides is 1. The molecule has 2 aromatic carbocycles. The van der Waals surface area contributed by atoms with Crippen LogP contribution in [-0.4, -0.2) is 17.3 Å². The van der Waals surface area contributed by atoms with Crippen LogP contribution in [-0.2, 0) is 5.41 Å². The lowest BCUT2D eigenvalue weighted by Gasteiger charge is -2.20. The molecule has 0 aromatic heterocycles. The Morgan fingerprint density at radius 3 is 2.24 bits per heavy atom. The predicted octanol–water partition coefficient (Wildman–Crippen LogP) is 4.33. The fourth-order valence-electron chi connectivity index (χ4n) is 2.61. The fraction of sp³-hybridized carbons (Fsp3) is 0.235. The number of rotatable bonds is 4. The van der Waals surface area contributed by atoms with E-state index in [1.807, 2.05) is 0 Å². The van der Waals surface area contributed by atoms with Crippen LogP contribution in [0.15, 0.2) is 42.5 Å². The van der Waals surface area contributed by atoms with E-state index in [1.54, 1.807) is 0 Å². The molecule has 0 atom stereocenters. The average Bonchev–Trinajstić information content (AvgIpc) is 3.38. The van der Waals surface area contributed by atoms with Crippen LogP contribution in [0.2, 0.25) is 0 Å². The second-order valence-corrected chi connectivity index (χ2v) is 5.79. The monoisotopic (exact) mass is 355 g/mol. The van der Waals surface area contributed by atoms with E-state index in [4.69, 9.17) is 9.94 Å². The Morgan fingerprint density at radius 2 is 1.76 bits per heavy atom. The minimum Gasteiger partial charge on any atom is -0.454 e. The van der Waals surface area contributed by atoms with Gasteiger partial charge < -0.3 is 4.74 Å². The Bertz CT molecular complexity index is 799. The summed E-state index contributed by atoms with van der Waals surface area (Å²) in [7, 11) is 0. The first-order chi connectivity index (χ1) is 11.8. The van der Waals surface area contributed by atoms with E-state index in [2.05, 4.69) is 0 Å². The van der Waals surface area contributed by atoms with Gasteiger partial charge in [0, 0.05) is 5.56 Å². The van der Waals surface area contributed by atoms with Gasteiger partial charge in [0.05, 0.1) is 5.41 Å². The molecule has 0 spiro atoms. The van der Waals surface area contributed by atoms with E-state index in [0.717, 1.165) is 12.1 Å². The molecule has 0 bridgehead atoms. The minimum atomic E-state index is -4.41. The van der Waals surface area contributed by atoms with Gasteiger partial charge >= 0.3 is 6.18 Å². The Kier molecular flexibility index (Phi) is 4.16. The number of hydroxylamine groups is 1. The van der Waals surface area contributed by atoms with Crippen molar-refractivity contribution in [3.63, 3.8) is 0 Å². The number of nitrogens with one attached hydrogen (secondary N) is 1. The van der Waals surface area contributed by atoms with Gasteiger partial charge in [-0.25, -0.2) is 9.87 Å². The number of benzene rings is 2. The number of halogens is 4. The van der Waals surface area contributed by atoms with Crippen molar-refractivity contribution in [3.05, 3.63) is 59.4 Å². The third kappa shape index (κ3) is 3.17. The SMILES string of the molecule is O=C(NO)c1ccc(Oc2ccc(C3(C(F)(F)F)CC3)cc2F)cc1. The molecule has 4 nitrogen and oxygen atoms in total. The zero-order valence-electron chi connectivity index (χ0n) is 12.7. The van der Waals surface area contributed by atoms with Crippen molar-refractivity contribution in [2.75, 3.05) is 0 Å². The van der Waals surface area contributed by atoms with Crippen LogP contribution in [0.1, 0.15) is 28.8 Å². The van der Waals surface area contributed by atoms with Crippen LogP contribution in [0.4, 0.5) is 17.6 Å². The number of alkyl halides is 3. The van der Waals surface area contributed by atoms with Gasteiger partial charge in [0.1, 0.15) is 5.75 Å². The van der Waals surface area contributed by atoms with E-state index in [-0.39, 0.29) is 35.5 Å². The van der Waals surface area contributed by atoms with Crippen LogP contribution >= 0.6 is 0 Å². The Morgan fingerprint density at radius 1 is 1.12 bits per heavy atom. The number of ether oxygens (including phenoxy) is 1. The molecular weight excluding hydrogens is 342 g/mol. The van der Waals surface area contributed by atoms with Crippen LogP contribution in [0, 0.1) is 5.82 Å². The molecule has 0 radical (unpaired) electrons. The highest BCUT2D eigenvalue weighted by molar-refractivity contribution is 5.93. The normalized spacial score (nSPS) is 15.6. The van der Waals surface area contributed by atoms with E-state index in [1.165, 1.54) is 35.8 Å². The molecule has 0 heterocycles. The smallest absolute Gasteiger partial charge is 0.398 e. The number of carbonyl (C=O) groups is 1. The first-order valence-corrected chi connectivity index (χ1v) is 7.36. The highest BCUT2D eigenvalue weighted by Crippen LogP contribution is 2.59. The summed E-state index contributed by atoms with van der Waals surface area (Å²) in [5.74, 6) is -1.65. The highest BCUT2D eigenvalue weighted by Gasteiger charge is 2.64. The highest BCUT2D eigenvalue weighted by atomic mass is 19.4. The van der Waals surface area contributed by atoms with Gasteiger partial charge in [-0.05, 0) is 54.8 Å². The standard InChI is InChI=1S/C17H13F4NO3/c18-13-9-11(16(7-8-16)17(19,20)21)3-6-14(13)25-12-4-1-10(2-5-12)15(23)22-24/h1-6,9,24H,7-8H2,(H,22,23). The zero-order chi connectivity index (χ0) is 18.2. The third-order valence-corrected chi connectivity index (χ3v) is 4.22. The van der Waals surface area contributed by atoms with Crippen molar-refractivity contribution in [3.8, 4) is 11.5 Å². The van der Waals surface area contributed by atoms with E-state index in [0.29, 0.717) is 0 Å². The molecule has 1 amide bonds. The number of hydrogen-bond donors (Lipinski definition) is 2. The van der Waals surface area contributed by atoms with Crippen molar-refractivity contribution < 1.29 is 32.3 Å². The molecular formula is C17H13F4NO3. The lowest BCUT2D eigenvalue weighted by Crippen LogP contribution is -2.28. The lowest BCUT2D eigenvalue weighted by atomic mass is 9.95. The fourth-order valence-corrected chi connectivity index (χ4v) is 2.61. The molecule has 1 aliphatic rings. The lowest BCUT2D eigenvalue weighted by molar-refractivity contribution is -0.160. The maximum Gasteiger partial charge on any atom is 0.398 e. The molecule has 1 fully saturated rings. The molecule has 8 heteroatoms.